The minimum atomic E-state index is -0.288. The maximum atomic E-state index is 12.9. The molecule has 2 aromatic rings. The van der Waals surface area contributed by atoms with Gasteiger partial charge in [-0.15, -0.1) is 0 Å². The lowest BCUT2D eigenvalue weighted by atomic mass is 10.1. The molecule has 0 saturated carbocycles. The topological polar surface area (TPSA) is 77.1 Å². The van der Waals surface area contributed by atoms with E-state index in [9.17, 15) is 9.59 Å². The van der Waals surface area contributed by atoms with Gasteiger partial charge in [0.2, 0.25) is 0 Å². The molecule has 1 N–H and O–H groups in total. The van der Waals surface area contributed by atoms with Crippen LogP contribution in [0.5, 0.6) is 11.5 Å². The summed E-state index contributed by atoms with van der Waals surface area (Å²) in [5, 5.41) is 2.81. The van der Waals surface area contributed by atoms with E-state index in [0.29, 0.717) is 37.4 Å². The second kappa shape index (κ2) is 11.6. The number of ether oxygens (including phenoxy) is 3. The summed E-state index contributed by atoms with van der Waals surface area (Å²) in [6.45, 7) is 2.97. The zero-order chi connectivity index (χ0) is 24.9. The Hall–Kier alpha value is -2.40. The quantitative estimate of drug-likeness (QED) is 0.343. The molecule has 2 fully saturated rings. The molecule has 184 valence electrons. The highest BCUT2D eigenvalue weighted by molar-refractivity contribution is 9.10. The second-order valence-corrected chi connectivity index (χ2v) is 10.7. The number of carbonyl (C=O) groups excluding carboxylic acids is 2. The Kier molecular flexibility index (Phi) is 8.48. The average Bonchev–Trinajstić information content (AvgIpc) is 3.42. The van der Waals surface area contributed by atoms with Gasteiger partial charge >= 0.3 is 0 Å². The molecule has 4 rings (SSSR count). The molecule has 0 unspecified atom stereocenters. The number of benzene rings is 2. The normalized spacial score (nSPS) is 18.9. The van der Waals surface area contributed by atoms with Crippen LogP contribution in [0.1, 0.15) is 24.0 Å². The van der Waals surface area contributed by atoms with Gasteiger partial charge in [-0.3, -0.25) is 14.5 Å². The highest BCUT2D eigenvalue weighted by atomic mass is 79.9. The summed E-state index contributed by atoms with van der Waals surface area (Å²) in [6.07, 6.45) is 3.75. The fourth-order valence-corrected chi connectivity index (χ4v) is 5.67. The standard InChI is InChI=1S/C25H25BrN2O5S2/c1-15-5-3-6-17(9-15)27-22(29)14-33-23-19(26)10-16(11-20(23)31-2)12-21-24(30)28(25(34)35-21)13-18-7-4-8-32-18/h3,5-6,9-12,18H,4,7-8,13-14H2,1-2H3,(H,27,29)/b21-12-/t18-/m0/s1. The molecule has 0 aliphatic carbocycles. The van der Waals surface area contributed by atoms with Gasteiger partial charge in [-0.25, -0.2) is 0 Å². The molecule has 2 aliphatic heterocycles. The zero-order valence-corrected chi connectivity index (χ0v) is 22.6. The molecule has 1 atom stereocenters. The Morgan fingerprint density at radius 1 is 1.37 bits per heavy atom. The molecule has 0 aromatic heterocycles. The fourth-order valence-electron chi connectivity index (χ4n) is 3.82. The highest BCUT2D eigenvalue weighted by Crippen LogP contribution is 2.39. The van der Waals surface area contributed by atoms with Crippen molar-refractivity contribution < 1.29 is 23.8 Å². The van der Waals surface area contributed by atoms with E-state index in [0.717, 1.165) is 30.6 Å². The van der Waals surface area contributed by atoms with E-state index in [4.69, 9.17) is 26.4 Å². The molecule has 0 radical (unpaired) electrons. The molecule has 2 heterocycles. The second-order valence-electron chi connectivity index (χ2n) is 8.17. The van der Waals surface area contributed by atoms with Gasteiger partial charge in [0.15, 0.2) is 18.1 Å². The van der Waals surface area contributed by atoms with Crippen LogP contribution in [-0.4, -0.2) is 54.0 Å². The summed E-state index contributed by atoms with van der Waals surface area (Å²) in [4.78, 5) is 27.4. The number of aryl methyl sites for hydroxylation is 1. The van der Waals surface area contributed by atoms with Crippen molar-refractivity contribution in [1.29, 1.82) is 0 Å². The molecule has 35 heavy (non-hydrogen) atoms. The number of methoxy groups -OCH3 is 1. The first kappa shape index (κ1) is 25.7. The van der Waals surface area contributed by atoms with Crippen molar-refractivity contribution in [3.05, 3.63) is 56.9 Å². The van der Waals surface area contributed by atoms with Gasteiger partial charge in [-0.05, 0) is 77.2 Å². The monoisotopic (exact) mass is 576 g/mol. The molecular weight excluding hydrogens is 552 g/mol. The average molecular weight is 578 g/mol. The number of rotatable bonds is 8. The SMILES string of the molecule is COc1cc(/C=C2\SC(=S)N(C[C@@H]3CCCO3)C2=O)cc(Br)c1OCC(=O)Nc1cccc(C)c1. The Bertz CT molecular complexity index is 1180. The predicted octanol–water partition coefficient (Wildman–Crippen LogP) is 5.16. The predicted molar refractivity (Wildman–Crippen MR) is 145 cm³/mol. The third-order valence-electron chi connectivity index (χ3n) is 5.48. The minimum Gasteiger partial charge on any atom is -0.493 e. The van der Waals surface area contributed by atoms with Gasteiger partial charge < -0.3 is 19.5 Å². The number of thiocarbonyl (C=S) groups is 1. The highest BCUT2D eigenvalue weighted by Gasteiger charge is 2.34. The number of carbonyl (C=O) groups is 2. The van der Waals surface area contributed by atoms with E-state index < -0.39 is 0 Å². The Morgan fingerprint density at radius 3 is 2.91 bits per heavy atom. The van der Waals surface area contributed by atoms with Crippen LogP contribution in [0.25, 0.3) is 6.08 Å². The smallest absolute Gasteiger partial charge is 0.266 e. The molecule has 2 saturated heterocycles. The lowest BCUT2D eigenvalue weighted by molar-refractivity contribution is -0.123. The van der Waals surface area contributed by atoms with Crippen LogP contribution < -0.4 is 14.8 Å². The molecule has 10 heteroatoms. The zero-order valence-electron chi connectivity index (χ0n) is 19.3. The summed E-state index contributed by atoms with van der Waals surface area (Å²) >= 11 is 10.2. The van der Waals surface area contributed by atoms with Crippen LogP contribution in [0.2, 0.25) is 0 Å². The van der Waals surface area contributed by atoms with Gasteiger partial charge in [0.25, 0.3) is 11.8 Å². The van der Waals surface area contributed by atoms with Crippen molar-refractivity contribution in [2.45, 2.75) is 25.9 Å². The van der Waals surface area contributed by atoms with Crippen molar-refractivity contribution in [2.24, 2.45) is 0 Å². The summed E-state index contributed by atoms with van der Waals surface area (Å²) in [5.74, 6) is 0.418. The van der Waals surface area contributed by atoms with Gasteiger partial charge in [0.1, 0.15) is 4.32 Å². The number of hydrogen-bond acceptors (Lipinski definition) is 7. The maximum absolute atomic E-state index is 12.9. The third kappa shape index (κ3) is 6.43. The minimum absolute atomic E-state index is 0.0330. The number of thioether (sulfide) groups is 1. The lowest BCUT2D eigenvalue weighted by Crippen LogP contribution is -2.35. The number of nitrogens with one attached hydrogen (secondary N) is 1. The van der Waals surface area contributed by atoms with Crippen molar-refractivity contribution >= 4 is 67.8 Å². The van der Waals surface area contributed by atoms with E-state index in [1.807, 2.05) is 37.3 Å². The molecular formula is C25H25BrN2O5S2. The first-order valence-electron chi connectivity index (χ1n) is 11.1. The summed E-state index contributed by atoms with van der Waals surface area (Å²) in [5.41, 5.74) is 2.49. The summed E-state index contributed by atoms with van der Waals surface area (Å²) in [7, 11) is 1.52. The van der Waals surface area contributed by atoms with Gasteiger partial charge in [0, 0.05) is 12.3 Å². The number of anilines is 1. The maximum Gasteiger partial charge on any atom is 0.266 e. The summed E-state index contributed by atoms with van der Waals surface area (Å²) < 4.78 is 18.0. The van der Waals surface area contributed by atoms with Crippen LogP contribution in [0.3, 0.4) is 0 Å². The lowest BCUT2D eigenvalue weighted by Gasteiger charge is -2.18. The van der Waals surface area contributed by atoms with Gasteiger partial charge in [0.05, 0.1) is 29.1 Å². The van der Waals surface area contributed by atoms with Gasteiger partial charge in [-0.2, -0.15) is 0 Å². The van der Waals surface area contributed by atoms with Crippen LogP contribution in [0.15, 0.2) is 45.8 Å². The summed E-state index contributed by atoms with van der Waals surface area (Å²) in [6, 6.07) is 11.1. The first-order chi connectivity index (χ1) is 16.8. The van der Waals surface area contributed by atoms with Crippen LogP contribution >= 0.6 is 39.9 Å². The van der Waals surface area contributed by atoms with E-state index in [-0.39, 0.29) is 24.5 Å². The number of halogens is 1. The van der Waals surface area contributed by atoms with Crippen molar-refractivity contribution in [3.8, 4) is 11.5 Å². The Labute approximate surface area is 222 Å². The van der Waals surface area contributed by atoms with Crippen molar-refractivity contribution in [3.63, 3.8) is 0 Å². The number of nitrogens with zero attached hydrogens (tertiary/aromatic N) is 1. The van der Waals surface area contributed by atoms with E-state index in [1.165, 1.54) is 18.9 Å². The largest absolute Gasteiger partial charge is 0.493 e. The molecule has 7 nitrogen and oxygen atoms in total. The van der Waals surface area contributed by atoms with Crippen LogP contribution in [-0.2, 0) is 14.3 Å². The molecule has 0 spiro atoms. The van der Waals surface area contributed by atoms with E-state index in [1.54, 1.807) is 17.0 Å². The number of hydrogen-bond donors (Lipinski definition) is 1. The van der Waals surface area contributed by atoms with Crippen molar-refractivity contribution in [1.82, 2.24) is 4.90 Å². The van der Waals surface area contributed by atoms with E-state index >= 15 is 0 Å². The van der Waals surface area contributed by atoms with E-state index in [2.05, 4.69) is 21.2 Å². The molecule has 2 aromatic carbocycles. The Morgan fingerprint density at radius 2 is 2.20 bits per heavy atom. The fraction of sp³-hybridized carbons (Fsp3) is 0.320. The third-order valence-corrected chi connectivity index (χ3v) is 7.45. The molecule has 2 aliphatic rings. The van der Waals surface area contributed by atoms with Gasteiger partial charge in [-0.1, -0.05) is 36.1 Å². The number of amides is 2. The van der Waals surface area contributed by atoms with Crippen molar-refractivity contribution in [2.75, 3.05) is 32.2 Å². The first-order valence-corrected chi connectivity index (χ1v) is 13.1. The Balaban J connectivity index is 1.44. The van der Waals surface area contributed by atoms with Crippen LogP contribution in [0.4, 0.5) is 5.69 Å². The van der Waals surface area contributed by atoms with Crippen LogP contribution in [0, 0.1) is 6.92 Å². The molecule has 0 bridgehead atoms. The molecule has 2 amide bonds.